The molecular formula is C16H10F4O4. The fourth-order valence-corrected chi connectivity index (χ4v) is 2.25. The molecule has 8 heteroatoms. The molecule has 0 amide bonds. The summed E-state index contributed by atoms with van der Waals surface area (Å²) < 4.78 is 51.9. The van der Waals surface area contributed by atoms with Crippen molar-refractivity contribution in [3.05, 3.63) is 58.4 Å². The van der Waals surface area contributed by atoms with Gasteiger partial charge in [-0.25, -0.2) is 14.0 Å². The van der Waals surface area contributed by atoms with Gasteiger partial charge < -0.3 is 10.2 Å². The van der Waals surface area contributed by atoms with Gasteiger partial charge in [0.15, 0.2) is 0 Å². The SMILES string of the molecule is Cc1c(C(=O)O)cc(C(=O)O)cc1-c1ccc(C(F)(F)F)cc1F. The first-order valence-corrected chi connectivity index (χ1v) is 6.50. The van der Waals surface area contributed by atoms with Gasteiger partial charge in [0.05, 0.1) is 16.7 Å². The highest BCUT2D eigenvalue weighted by atomic mass is 19.4. The van der Waals surface area contributed by atoms with Crippen molar-refractivity contribution < 1.29 is 37.4 Å². The van der Waals surface area contributed by atoms with E-state index in [1.807, 2.05) is 0 Å². The number of hydrogen-bond donors (Lipinski definition) is 2. The molecule has 0 fully saturated rings. The van der Waals surface area contributed by atoms with Crippen LogP contribution < -0.4 is 0 Å². The Morgan fingerprint density at radius 2 is 1.58 bits per heavy atom. The predicted octanol–water partition coefficient (Wildman–Crippen LogP) is 4.22. The zero-order valence-corrected chi connectivity index (χ0v) is 12.1. The largest absolute Gasteiger partial charge is 0.478 e. The number of alkyl halides is 3. The maximum absolute atomic E-state index is 14.1. The van der Waals surface area contributed by atoms with E-state index in [0.29, 0.717) is 6.07 Å². The quantitative estimate of drug-likeness (QED) is 0.819. The van der Waals surface area contributed by atoms with Gasteiger partial charge in [0.2, 0.25) is 0 Å². The summed E-state index contributed by atoms with van der Waals surface area (Å²) in [6.07, 6.45) is -4.73. The number of carboxylic acid groups (broad SMARTS) is 2. The first-order chi connectivity index (χ1) is 11.0. The Morgan fingerprint density at radius 1 is 0.958 bits per heavy atom. The molecule has 0 aliphatic rings. The minimum absolute atomic E-state index is 0.0474. The summed E-state index contributed by atoms with van der Waals surface area (Å²) in [5, 5.41) is 18.2. The Morgan fingerprint density at radius 3 is 2.04 bits per heavy atom. The smallest absolute Gasteiger partial charge is 0.416 e. The highest BCUT2D eigenvalue weighted by molar-refractivity contribution is 5.98. The molecule has 2 aromatic rings. The molecule has 0 saturated heterocycles. The van der Waals surface area contributed by atoms with Crippen LogP contribution in [-0.4, -0.2) is 22.2 Å². The molecule has 4 nitrogen and oxygen atoms in total. The molecule has 2 N–H and O–H groups in total. The highest BCUT2D eigenvalue weighted by Crippen LogP contribution is 2.35. The lowest BCUT2D eigenvalue weighted by Gasteiger charge is -2.13. The standard InChI is InChI=1S/C16H10F4O4/c1-7-11(4-8(14(21)22)5-12(7)15(23)24)10-3-2-9(6-13(10)17)16(18,19)20/h2-6H,1H3,(H,21,22)(H,23,24). The van der Waals surface area contributed by atoms with Gasteiger partial charge in [0, 0.05) is 5.56 Å². The summed E-state index contributed by atoms with van der Waals surface area (Å²) in [5.74, 6) is -4.10. The number of aromatic carboxylic acids is 2. The second kappa shape index (κ2) is 5.95. The number of benzene rings is 2. The monoisotopic (exact) mass is 342 g/mol. The molecule has 24 heavy (non-hydrogen) atoms. The van der Waals surface area contributed by atoms with Crippen LogP contribution in [-0.2, 0) is 6.18 Å². The summed E-state index contributed by atoms with van der Waals surface area (Å²) in [6, 6.07) is 3.70. The number of halogens is 4. The molecule has 0 atom stereocenters. The Kier molecular flexibility index (Phi) is 4.33. The first kappa shape index (κ1) is 17.5. The van der Waals surface area contributed by atoms with Crippen LogP contribution in [0, 0.1) is 12.7 Å². The van der Waals surface area contributed by atoms with Crippen molar-refractivity contribution in [2.45, 2.75) is 13.1 Å². The van der Waals surface area contributed by atoms with Gasteiger partial charge in [0.25, 0.3) is 0 Å². The van der Waals surface area contributed by atoms with Crippen molar-refractivity contribution in [1.82, 2.24) is 0 Å². The lowest BCUT2D eigenvalue weighted by atomic mass is 9.92. The van der Waals surface area contributed by atoms with Gasteiger partial charge in [0.1, 0.15) is 5.82 Å². The van der Waals surface area contributed by atoms with Gasteiger partial charge in [-0.2, -0.15) is 13.2 Å². The van der Waals surface area contributed by atoms with Crippen molar-refractivity contribution in [1.29, 1.82) is 0 Å². The lowest BCUT2D eigenvalue weighted by Crippen LogP contribution is -2.08. The summed E-state index contributed by atoms with van der Waals surface area (Å²) in [7, 11) is 0. The Hall–Kier alpha value is -2.90. The van der Waals surface area contributed by atoms with Crippen molar-refractivity contribution in [3.63, 3.8) is 0 Å². The van der Waals surface area contributed by atoms with Crippen LogP contribution in [0.1, 0.15) is 31.8 Å². The van der Waals surface area contributed by atoms with E-state index in [4.69, 9.17) is 10.2 Å². The van der Waals surface area contributed by atoms with Crippen LogP contribution in [0.5, 0.6) is 0 Å². The van der Waals surface area contributed by atoms with E-state index in [9.17, 15) is 27.2 Å². The molecule has 0 radical (unpaired) electrons. The van der Waals surface area contributed by atoms with E-state index in [1.165, 1.54) is 6.92 Å². The van der Waals surface area contributed by atoms with Gasteiger partial charge in [-0.3, -0.25) is 0 Å². The van der Waals surface area contributed by atoms with Gasteiger partial charge >= 0.3 is 18.1 Å². The number of rotatable bonds is 3. The lowest BCUT2D eigenvalue weighted by molar-refractivity contribution is -0.137. The second-order valence-electron chi connectivity index (χ2n) is 5.00. The van der Waals surface area contributed by atoms with Crippen LogP contribution in [0.25, 0.3) is 11.1 Å². The molecule has 0 heterocycles. The first-order valence-electron chi connectivity index (χ1n) is 6.50. The molecule has 0 unspecified atom stereocenters. The Balaban J connectivity index is 2.72. The van der Waals surface area contributed by atoms with E-state index < -0.39 is 35.1 Å². The molecule has 2 aromatic carbocycles. The molecule has 126 valence electrons. The summed E-state index contributed by atoms with van der Waals surface area (Å²) in [6.45, 7) is 1.32. The maximum Gasteiger partial charge on any atom is 0.416 e. The third kappa shape index (κ3) is 3.22. The van der Waals surface area contributed by atoms with E-state index in [0.717, 1.165) is 18.2 Å². The van der Waals surface area contributed by atoms with E-state index in [-0.39, 0.29) is 28.3 Å². The van der Waals surface area contributed by atoms with Gasteiger partial charge in [-0.15, -0.1) is 0 Å². The fourth-order valence-electron chi connectivity index (χ4n) is 2.25. The fraction of sp³-hybridized carbons (Fsp3) is 0.125. The van der Waals surface area contributed by atoms with E-state index >= 15 is 0 Å². The molecule has 0 aromatic heterocycles. The van der Waals surface area contributed by atoms with Crippen molar-refractivity contribution in [2.24, 2.45) is 0 Å². The zero-order chi connectivity index (χ0) is 18.2. The molecular weight excluding hydrogens is 332 g/mol. The van der Waals surface area contributed by atoms with Crippen molar-refractivity contribution in [2.75, 3.05) is 0 Å². The van der Waals surface area contributed by atoms with Gasteiger partial charge in [-0.1, -0.05) is 6.07 Å². The summed E-state index contributed by atoms with van der Waals surface area (Å²) >= 11 is 0. The highest BCUT2D eigenvalue weighted by Gasteiger charge is 2.31. The number of hydrogen-bond acceptors (Lipinski definition) is 2. The topological polar surface area (TPSA) is 74.6 Å². The predicted molar refractivity (Wildman–Crippen MR) is 75.5 cm³/mol. The van der Waals surface area contributed by atoms with Crippen LogP contribution in [0.3, 0.4) is 0 Å². The average molecular weight is 342 g/mol. The average Bonchev–Trinajstić information content (AvgIpc) is 2.46. The minimum atomic E-state index is -4.73. The van der Waals surface area contributed by atoms with Crippen LogP contribution in [0.15, 0.2) is 30.3 Å². The summed E-state index contributed by atoms with van der Waals surface area (Å²) in [4.78, 5) is 22.3. The molecule has 0 bridgehead atoms. The van der Waals surface area contributed by atoms with Crippen LogP contribution in [0.4, 0.5) is 17.6 Å². The zero-order valence-electron chi connectivity index (χ0n) is 12.1. The third-order valence-corrected chi connectivity index (χ3v) is 3.47. The number of carbonyl (C=O) groups is 2. The molecule has 2 rings (SSSR count). The Bertz CT molecular complexity index is 841. The molecule has 0 aliphatic heterocycles. The summed E-state index contributed by atoms with van der Waals surface area (Å²) in [5.41, 5.74) is -2.35. The van der Waals surface area contributed by atoms with Crippen molar-refractivity contribution in [3.8, 4) is 11.1 Å². The van der Waals surface area contributed by atoms with Crippen LogP contribution in [0.2, 0.25) is 0 Å². The minimum Gasteiger partial charge on any atom is -0.478 e. The van der Waals surface area contributed by atoms with Gasteiger partial charge in [-0.05, 0) is 42.3 Å². The number of carboxylic acids is 2. The molecule has 0 spiro atoms. The second-order valence-corrected chi connectivity index (χ2v) is 5.00. The van der Waals surface area contributed by atoms with Crippen molar-refractivity contribution >= 4 is 11.9 Å². The van der Waals surface area contributed by atoms with E-state index in [2.05, 4.69) is 0 Å². The maximum atomic E-state index is 14.1. The third-order valence-electron chi connectivity index (χ3n) is 3.47. The molecule has 0 aliphatic carbocycles. The molecule has 0 saturated carbocycles. The Labute approximate surface area is 133 Å². The van der Waals surface area contributed by atoms with Crippen LogP contribution >= 0.6 is 0 Å². The van der Waals surface area contributed by atoms with E-state index in [1.54, 1.807) is 0 Å². The normalized spacial score (nSPS) is 11.4.